The molecule has 28 heavy (non-hydrogen) atoms. The van der Waals surface area contributed by atoms with Gasteiger partial charge >= 0.3 is 0 Å². The van der Waals surface area contributed by atoms with Crippen LogP contribution in [0.1, 0.15) is 0 Å². The number of rotatable bonds is 4. The summed E-state index contributed by atoms with van der Waals surface area (Å²) < 4.78 is 10.1. The van der Waals surface area contributed by atoms with E-state index in [9.17, 15) is 0 Å². The van der Waals surface area contributed by atoms with Crippen molar-refractivity contribution >= 4 is 65.0 Å². The molecule has 6 heteroatoms. The monoisotopic (exact) mass is 495 g/mol. The van der Waals surface area contributed by atoms with Crippen molar-refractivity contribution in [2.24, 2.45) is 0 Å². The number of aromatic nitrogens is 3. The molecular formula is C22H15Br2N3O. The molecular weight excluding hydrogens is 482 g/mol. The Hall–Kier alpha value is -2.44. The van der Waals surface area contributed by atoms with Gasteiger partial charge in [-0.2, -0.15) is 0 Å². The molecule has 5 aromatic rings. The van der Waals surface area contributed by atoms with E-state index in [2.05, 4.69) is 48.6 Å². The van der Waals surface area contributed by atoms with Crippen LogP contribution in [0, 0.1) is 0 Å². The Kier molecular flexibility index (Phi) is 4.53. The van der Waals surface area contributed by atoms with Crippen LogP contribution in [0.25, 0.3) is 33.1 Å². The van der Waals surface area contributed by atoms with Crippen molar-refractivity contribution in [3.05, 3.63) is 75.7 Å². The summed E-state index contributed by atoms with van der Waals surface area (Å²) in [6.45, 7) is 1.21. The molecule has 3 aromatic carbocycles. The molecule has 0 amide bonds. The van der Waals surface area contributed by atoms with E-state index in [0.717, 1.165) is 47.8 Å². The Balaban J connectivity index is 1.67. The first kappa shape index (κ1) is 17.6. The highest BCUT2D eigenvalue weighted by atomic mass is 79.9. The molecule has 0 atom stereocenters. The largest absolute Gasteiger partial charge is 0.492 e. The predicted molar refractivity (Wildman–Crippen MR) is 120 cm³/mol. The second kappa shape index (κ2) is 7.18. The van der Waals surface area contributed by atoms with Crippen molar-refractivity contribution < 1.29 is 4.74 Å². The normalized spacial score (nSPS) is 11.5. The fraction of sp³-hybridized carbons (Fsp3) is 0.0909. The first-order valence-corrected chi connectivity index (χ1v) is 10.5. The minimum Gasteiger partial charge on any atom is -0.492 e. The van der Waals surface area contributed by atoms with Crippen molar-refractivity contribution in [1.29, 1.82) is 0 Å². The number of nitrogens with zero attached hydrogens (tertiary/aromatic N) is 3. The minimum atomic E-state index is 0.542. The van der Waals surface area contributed by atoms with Crippen LogP contribution in [-0.2, 0) is 6.54 Å². The van der Waals surface area contributed by atoms with Gasteiger partial charge in [0.05, 0.1) is 23.1 Å². The lowest BCUT2D eigenvalue weighted by Gasteiger charge is -2.10. The van der Waals surface area contributed by atoms with Gasteiger partial charge in [0.15, 0.2) is 5.65 Å². The predicted octanol–water partition coefficient (Wildman–Crippen LogP) is 6.34. The van der Waals surface area contributed by atoms with Gasteiger partial charge in [0.1, 0.15) is 17.9 Å². The molecule has 0 N–H and O–H groups in total. The van der Waals surface area contributed by atoms with Crippen LogP contribution in [0.5, 0.6) is 5.75 Å². The zero-order valence-electron chi connectivity index (χ0n) is 14.8. The minimum absolute atomic E-state index is 0.542. The van der Waals surface area contributed by atoms with Gasteiger partial charge in [-0.05, 0) is 52.3 Å². The van der Waals surface area contributed by atoms with Crippen LogP contribution >= 0.6 is 31.9 Å². The number of fused-ring (bicyclic) bond motifs is 4. The van der Waals surface area contributed by atoms with E-state index in [0.29, 0.717) is 13.2 Å². The summed E-state index contributed by atoms with van der Waals surface area (Å²) in [7, 11) is 0. The van der Waals surface area contributed by atoms with Gasteiger partial charge in [0.2, 0.25) is 0 Å². The van der Waals surface area contributed by atoms with Crippen LogP contribution in [0.3, 0.4) is 0 Å². The number of benzene rings is 3. The molecule has 138 valence electrons. The summed E-state index contributed by atoms with van der Waals surface area (Å²) in [4.78, 5) is 9.83. The van der Waals surface area contributed by atoms with Crippen LogP contribution in [0.15, 0.2) is 75.7 Å². The molecule has 0 aliphatic rings. The lowest BCUT2D eigenvalue weighted by Crippen LogP contribution is -2.09. The van der Waals surface area contributed by atoms with Gasteiger partial charge in [-0.25, -0.2) is 9.97 Å². The summed E-state index contributed by atoms with van der Waals surface area (Å²) in [6, 6.07) is 22.0. The molecule has 0 saturated heterocycles. The second-order valence-electron chi connectivity index (χ2n) is 6.48. The fourth-order valence-corrected chi connectivity index (χ4v) is 4.91. The highest BCUT2D eigenvalue weighted by Crippen LogP contribution is 2.35. The van der Waals surface area contributed by atoms with Gasteiger partial charge in [-0.3, -0.25) is 0 Å². The summed E-state index contributed by atoms with van der Waals surface area (Å²) >= 11 is 7.32. The molecule has 4 nitrogen and oxygen atoms in total. The SMILES string of the molecule is Brc1cc(Br)c2c(c1)c1nc3ccccc3nc1n2CCOc1ccccc1. The Bertz CT molecular complexity index is 1320. The molecule has 0 saturated carbocycles. The average molecular weight is 497 g/mol. The van der Waals surface area contributed by atoms with E-state index in [1.54, 1.807) is 0 Å². The quantitative estimate of drug-likeness (QED) is 0.291. The lowest BCUT2D eigenvalue weighted by atomic mass is 10.2. The summed E-state index contributed by atoms with van der Waals surface area (Å²) in [5, 5.41) is 1.06. The Morgan fingerprint density at radius 2 is 1.57 bits per heavy atom. The molecule has 0 unspecified atom stereocenters. The molecule has 0 radical (unpaired) electrons. The zero-order chi connectivity index (χ0) is 19.1. The Morgan fingerprint density at radius 3 is 2.36 bits per heavy atom. The Morgan fingerprint density at radius 1 is 0.857 bits per heavy atom. The molecule has 0 aliphatic heterocycles. The van der Waals surface area contributed by atoms with Gasteiger partial charge in [-0.15, -0.1) is 0 Å². The third kappa shape index (κ3) is 3.06. The van der Waals surface area contributed by atoms with Crippen LogP contribution < -0.4 is 4.74 Å². The number of ether oxygens (including phenoxy) is 1. The third-order valence-electron chi connectivity index (χ3n) is 4.69. The maximum Gasteiger partial charge on any atom is 0.160 e. The molecule has 2 aromatic heterocycles. The van der Waals surface area contributed by atoms with Crippen LogP contribution in [-0.4, -0.2) is 21.1 Å². The highest BCUT2D eigenvalue weighted by molar-refractivity contribution is 9.11. The molecule has 0 aliphatic carbocycles. The topological polar surface area (TPSA) is 39.9 Å². The summed E-state index contributed by atoms with van der Waals surface area (Å²) in [5.74, 6) is 0.863. The first-order valence-electron chi connectivity index (χ1n) is 8.92. The van der Waals surface area contributed by atoms with Crippen LogP contribution in [0.2, 0.25) is 0 Å². The van der Waals surface area contributed by atoms with E-state index in [1.807, 2.05) is 54.6 Å². The van der Waals surface area contributed by atoms with E-state index in [1.165, 1.54) is 0 Å². The molecule has 0 bridgehead atoms. The molecule has 0 spiro atoms. The van der Waals surface area contributed by atoms with E-state index in [4.69, 9.17) is 14.7 Å². The number of halogens is 2. The van der Waals surface area contributed by atoms with Gasteiger partial charge in [0.25, 0.3) is 0 Å². The lowest BCUT2D eigenvalue weighted by molar-refractivity contribution is 0.302. The summed E-state index contributed by atoms with van der Waals surface area (Å²) in [6.07, 6.45) is 0. The molecule has 0 fully saturated rings. The van der Waals surface area contributed by atoms with Crippen molar-refractivity contribution in [2.45, 2.75) is 6.54 Å². The Labute approximate surface area is 178 Å². The average Bonchev–Trinajstić information content (AvgIpc) is 3.00. The van der Waals surface area contributed by atoms with E-state index >= 15 is 0 Å². The third-order valence-corrected chi connectivity index (χ3v) is 5.75. The number of para-hydroxylation sites is 3. The van der Waals surface area contributed by atoms with Gasteiger partial charge in [0, 0.05) is 14.3 Å². The fourth-order valence-electron chi connectivity index (χ4n) is 3.48. The molecule has 5 rings (SSSR count). The van der Waals surface area contributed by atoms with Gasteiger partial charge in [-0.1, -0.05) is 46.3 Å². The number of hydrogen-bond donors (Lipinski definition) is 0. The van der Waals surface area contributed by atoms with Crippen molar-refractivity contribution in [2.75, 3.05) is 6.61 Å². The zero-order valence-corrected chi connectivity index (χ0v) is 17.9. The second-order valence-corrected chi connectivity index (χ2v) is 8.25. The maximum absolute atomic E-state index is 5.93. The van der Waals surface area contributed by atoms with Gasteiger partial charge < -0.3 is 9.30 Å². The maximum atomic E-state index is 5.93. The van der Waals surface area contributed by atoms with Crippen LogP contribution in [0.4, 0.5) is 0 Å². The number of hydrogen-bond acceptors (Lipinski definition) is 3. The standard InChI is InChI=1S/C22H15Br2N3O/c23-14-12-16-20-22(26-19-9-5-4-8-18(19)25-20)27(21(16)17(24)13-14)10-11-28-15-6-2-1-3-7-15/h1-9,12-13H,10-11H2. The van der Waals surface area contributed by atoms with Crippen molar-refractivity contribution in [3.63, 3.8) is 0 Å². The van der Waals surface area contributed by atoms with E-state index in [-0.39, 0.29) is 0 Å². The van der Waals surface area contributed by atoms with Crippen molar-refractivity contribution in [3.8, 4) is 5.75 Å². The highest BCUT2D eigenvalue weighted by Gasteiger charge is 2.17. The first-order chi connectivity index (χ1) is 13.7. The summed E-state index contributed by atoms with van der Waals surface area (Å²) in [5.41, 5.74) is 4.62. The van der Waals surface area contributed by atoms with E-state index < -0.39 is 0 Å². The molecule has 2 heterocycles. The smallest absolute Gasteiger partial charge is 0.160 e. The van der Waals surface area contributed by atoms with Crippen molar-refractivity contribution in [1.82, 2.24) is 14.5 Å².